The fraction of sp³-hybridized carbons (Fsp3) is 0.391. The van der Waals surface area contributed by atoms with E-state index in [-0.39, 0.29) is 21.4 Å². The fourth-order valence-corrected chi connectivity index (χ4v) is 5.33. The van der Waals surface area contributed by atoms with Crippen LogP contribution in [0.5, 0.6) is 0 Å². The van der Waals surface area contributed by atoms with E-state index in [9.17, 15) is 18.0 Å². The molecule has 2 atom stereocenters. The number of hydrogen-bond donors (Lipinski definition) is 1. The molecule has 1 fully saturated rings. The van der Waals surface area contributed by atoms with Crippen molar-refractivity contribution < 1.29 is 18.0 Å². The van der Waals surface area contributed by atoms with E-state index < -0.39 is 15.7 Å². The van der Waals surface area contributed by atoms with Gasteiger partial charge in [-0.3, -0.25) is 9.59 Å². The van der Waals surface area contributed by atoms with Gasteiger partial charge in [0, 0.05) is 36.2 Å². The van der Waals surface area contributed by atoms with Crippen LogP contribution in [-0.2, 0) is 9.84 Å². The first-order valence-electron chi connectivity index (χ1n) is 10.2. The lowest BCUT2D eigenvalue weighted by Crippen LogP contribution is -2.42. The smallest absolute Gasteiger partial charge is 0.255 e. The zero-order valence-electron chi connectivity index (χ0n) is 18.1. The van der Waals surface area contributed by atoms with E-state index in [1.807, 2.05) is 11.8 Å². The largest absolute Gasteiger partial charge is 0.338 e. The Bertz CT molecular complexity index is 1120. The standard InChI is InChI=1S/C23H27ClN2O4S/c1-14-9-15(2)13-26(12-14)23(28)18-6-5-16(3)20(10-18)25-22(27)17-7-8-19(24)21(11-17)31(4,29)30/h5-8,10-11,14-15H,9,12-13H2,1-4H3,(H,25,27). The lowest BCUT2D eigenvalue weighted by molar-refractivity contribution is 0.0623. The Morgan fingerprint density at radius 1 is 1.03 bits per heavy atom. The second-order valence-electron chi connectivity index (χ2n) is 8.56. The molecule has 8 heteroatoms. The zero-order valence-corrected chi connectivity index (χ0v) is 19.7. The number of amides is 2. The molecule has 6 nitrogen and oxygen atoms in total. The SMILES string of the molecule is Cc1ccc(C(=O)N2CC(C)CC(C)C2)cc1NC(=O)c1ccc(Cl)c(S(C)(=O)=O)c1. The number of piperidine rings is 1. The van der Waals surface area contributed by atoms with E-state index in [2.05, 4.69) is 19.2 Å². The summed E-state index contributed by atoms with van der Waals surface area (Å²) in [4.78, 5) is 27.6. The number of likely N-dealkylation sites (tertiary alicyclic amines) is 1. The maximum atomic E-state index is 13.0. The molecule has 0 aromatic heterocycles. The molecular weight excluding hydrogens is 436 g/mol. The Balaban J connectivity index is 1.84. The van der Waals surface area contributed by atoms with Crippen LogP contribution in [0.1, 0.15) is 46.5 Å². The predicted octanol–water partition coefficient (Wildman–Crippen LogP) is 4.42. The van der Waals surface area contributed by atoms with E-state index >= 15 is 0 Å². The van der Waals surface area contributed by atoms with Gasteiger partial charge in [-0.05, 0) is 61.1 Å². The van der Waals surface area contributed by atoms with E-state index in [0.29, 0.717) is 23.1 Å². The van der Waals surface area contributed by atoms with E-state index in [1.165, 1.54) is 18.2 Å². The van der Waals surface area contributed by atoms with Crippen LogP contribution < -0.4 is 5.32 Å². The molecule has 2 amide bonds. The highest BCUT2D eigenvalue weighted by Gasteiger charge is 2.26. The third kappa shape index (κ3) is 5.46. The summed E-state index contributed by atoms with van der Waals surface area (Å²) < 4.78 is 23.8. The number of nitrogens with zero attached hydrogens (tertiary/aromatic N) is 1. The molecule has 0 spiro atoms. The zero-order chi connectivity index (χ0) is 22.9. The van der Waals surface area contributed by atoms with Gasteiger partial charge in [0.05, 0.1) is 9.92 Å². The van der Waals surface area contributed by atoms with E-state index in [1.54, 1.807) is 18.2 Å². The normalized spacial score (nSPS) is 19.2. The van der Waals surface area contributed by atoms with Gasteiger partial charge in [0.2, 0.25) is 0 Å². The summed E-state index contributed by atoms with van der Waals surface area (Å²) in [6.45, 7) is 7.56. The molecule has 2 unspecified atom stereocenters. The van der Waals surface area contributed by atoms with Crippen molar-refractivity contribution in [1.82, 2.24) is 4.90 Å². The van der Waals surface area contributed by atoms with E-state index in [4.69, 9.17) is 11.6 Å². The van der Waals surface area contributed by atoms with E-state index in [0.717, 1.165) is 31.3 Å². The molecule has 0 aliphatic carbocycles. The topological polar surface area (TPSA) is 83.6 Å². The molecule has 1 aliphatic rings. The summed E-state index contributed by atoms with van der Waals surface area (Å²) in [5.74, 6) is 0.367. The monoisotopic (exact) mass is 462 g/mol. The highest BCUT2D eigenvalue weighted by molar-refractivity contribution is 7.90. The van der Waals surface area contributed by atoms with Gasteiger partial charge in [-0.1, -0.05) is 31.5 Å². The molecule has 31 heavy (non-hydrogen) atoms. The maximum Gasteiger partial charge on any atom is 0.255 e. The molecule has 0 saturated carbocycles. The molecule has 166 valence electrons. The molecule has 0 bridgehead atoms. The second-order valence-corrected chi connectivity index (χ2v) is 10.9. The number of aryl methyl sites for hydroxylation is 1. The first-order chi connectivity index (χ1) is 14.5. The first kappa shape index (κ1) is 23.3. The minimum Gasteiger partial charge on any atom is -0.338 e. The van der Waals surface area contributed by atoms with Gasteiger partial charge >= 0.3 is 0 Å². The molecule has 1 heterocycles. The van der Waals surface area contributed by atoms with Crippen LogP contribution in [0.25, 0.3) is 0 Å². The highest BCUT2D eigenvalue weighted by Crippen LogP contribution is 2.26. The number of rotatable bonds is 4. The molecule has 2 aromatic carbocycles. The van der Waals surface area contributed by atoms with Crippen molar-refractivity contribution in [3.63, 3.8) is 0 Å². The molecule has 2 aromatic rings. The minimum atomic E-state index is -3.57. The second kappa shape index (κ2) is 9.01. The van der Waals surface area contributed by atoms with Crippen molar-refractivity contribution in [3.8, 4) is 0 Å². The Morgan fingerprint density at radius 2 is 1.65 bits per heavy atom. The summed E-state index contributed by atoms with van der Waals surface area (Å²) >= 11 is 5.97. The Labute approximate surface area is 188 Å². The lowest BCUT2D eigenvalue weighted by atomic mass is 9.91. The number of nitrogens with one attached hydrogen (secondary N) is 1. The van der Waals surface area contributed by atoms with Gasteiger partial charge in [0.15, 0.2) is 9.84 Å². The average Bonchev–Trinajstić information content (AvgIpc) is 2.67. The Kier molecular flexibility index (Phi) is 6.76. The van der Waals surface area contributed by atoms with Crippen LogP contribution in [-0.4, -0.2) is 44.5 Å². The molecular formula is C23H27ClN2O4S. The quantitative estimate of drug-likeness (QED) is 0.728. The van der Waals surface area contributed by atoms with Crippen LogP contribution in [0.2, 0.25) is 5.02 Å². The lowest BCUT2D eigenvalue weighted by Gasteiger charge is -2.35. The van der Waals surface area contributed by atoms with Crippen LogP contribution >= 0.6 is 11.6 Å². The number of halogens is 1. The molecule has 0 radical (unpaired) electrons. The van der Waals surface area contributed by atoms with Gasteiger partial charge in [-0.15, -0.1) is 0 Å². The number of carbonyl (C=O) groups is 2. The molecule has 1 N–H and O–H groups in total. The minimum absolute atomic E-state index is 0.0558. The molecule has 1 aliphatic heterocycles. The Hall–Kier alpha value is -2.38. The van der Waals surface area contributed by atoms with Gasteiger partial charge < -0.3 is 10.2 Å². The van der Waals surface area contributed by atoms with Crippen molar-refractivity contribution in [2.45, 2.75) is 32.1 Å². The molecule has 3 rings (SSSR count). The third-order valence-electron chi connectivity index (χ3n) is 5.48. The van der Waals surface area contributed by atoms with Crippen LogP contribution in [0, 0.1) is 18.8 Å². The summed E-state index contributed by atoms with van der Waals surface area (Å²) in [7, 11) is -3.57. The van der Waals surface area contributed by atoms with Crippen LogP contribution in [0.4, 0.5) is 5.69 Å². The van der Waals surface area contributed by atoms with Crippen molar-refractivity contribution in [1.29, 1.82) is 0 Å². The summed E-state index contributed by atoms with van der Waals surface area (Å²) in [5, 5.41) is 2.86. The summed E-state index contributed by atoms with van der Waals surface area (Å²) in [6, 6.07) is 9.34. The molecule has 1 saturated heterocycles. The summed E-state index contributed by atoms with van der Waals surface area (Å²) in [5.41, 5.74) is 1.97. The van der Waals surface area contributed by atoms with Gasteiger partial charge in [-0.25, -0.2) is 8.42 Å². The maximum absolute atomic E-state index is 13.0. The van der Waals surface area contributed by atoms with Crippen LogP contribution in [0.15, 0.2) is 41.3 Å². The first-order valence-corrected chi connectivity index (χ1v) is 12.4. The predicted molar refractivity (Wildman–Crippen MR) is 123 cm³/mol. The fourth-order valence-electron chi connectivity index (χ4n) is 4.02. The number of hydrogen-bond acceptors (Lipinski definition) is 4. The number of carbonyl (C=O) groups excluding carboxylic acids is 2. The highest BCUT2D eigenvalue weighted by atomic mass is 35.5. The van der Waals surface area contributed by atoms with Gasteiger partial charge in [-0.2, -0.15) is 0 Å². The van der Waals surface area contributed by atoms with Gasteiger partial charge in [0.1, 0.15) is 0 Å². The van der Waals surface area contributed by atoms with Crippen molar-refractivity contribution in [2.75, 3.05) is 24.7 Å². The van der Waals surface area contributed by atoms with Crippen LogP contribution in [0.3, 0.4) is 0 Å². The number of sulfone groups is 1. The third-order valence-corrected chi connectivity index (χ3v) is 7.06. The van der Waals surface area contributed by atoms with Gasteiger partial charge in [0.25, 0.3) is 11.8 Å². The number of anilines is 1. The van der Waals surface area contributed by atoms with Crippen molar-refractivity contribution >= 4 is 38.9 Å². The van der Waals surface area contributed by atoms with Crippen molar-refractivity contribution in [3.05, 3.63) is 58.1 Å². The van der Waals surface area contributed by atoms with Crippen molar-refractivity contribution in [2.24, 2.45) is 11.8 Å². The number of benzene rings is 2. The average molecular weight is 463 g/mol. The Morgan fingerprint density at radius 3 is 2.26 bits per heavy atom. The summed E-state index contributed by atoms with van der Waals surface area (Å²) in [6.07, 6.45) is 2.15.